The van der Waals surface area contributed by atoms with E-state index in [0.29, 0.717) is 27.9 Å². The number of rotatable bonds is 5. The number of pyridine rings is 1. The monoisotopic (exact) mass is 506 g/mol. The summed E-state index contributed by atoms with van der Waals surface area (Å²) in [6.07, 6.45) is -1.51. The maximum absolute atomic E-state index is 13.9. The zero-order valence-corrected chi connectivity index (χ0v) is 20.9. The molecule has 1 aromatic heterocycles. The summed E-state index contributed by atoms with van der Waals surface area (Å²) >= 11 is 0. The molecule has 1 fully saturated rings. The van der Waals surface area contributed by atoms with Crippen LogP contribution in [0.1, 0.15) is 43.7 Å². The Balaban J connectivity index is 1.53. The number of alkyl halides is 3. The number of carbonyl (C=O) groups excluding carboxylic acids is 1. The number of aryl methyl sites for hydroxylation is 1. The van der Waals surface area contributed by atoms with Crippen LogP contribution in [0, 0.1) is 18.8 Å². The number of ketones is 1. The molecular formula is C29H29F3N4O. The van der Waals surface area contributed by atoms with Crippen molar-refractivity contribution in [2.75, 3.05) is 39.0 Å². The lowest BCUT2D eigenvalue weighted by Crippen LogP contribution is -2.44. The van der Waals surface area contributed by atoms with Gasteiger partial charge in [0.15, 0.2) is 5.78 Å². The van der Waals surface area contributed by atoms with Gasteiger partial charge in [0.25, 0.3) is 0 Å². The Labute approximate surface area is 215 Å². The molecule has 8 heteroatoms. The molecule has 4 rings (SSSR count). The highest BCUT2D eigenvalue weighted by molar-refractivity contribution is 5.98. The van der Waals surface area contributed by atoms with Crippen LogP contribution in [-0.4, -0.2) is 53.8 Å². The molecule has 0 unspecified atom stereocenters. The van der Waals surface area contributed by atoms with Gasteiger partial charge in [0, 0.05) is 68.2 Å². The average molecular weight is 507 g/mol. The van der Waals surface area contributed by atoms with Gasteiger partial charge in [-0.05, 0) is 48.9 Å². The zero-order chi connectivity index (χ0) is 26.6. The topological polar surface area (TPSA) is 62.5 Å². The zero-order valence-electron chi connectivity index (χ0n) is 20.9. The van der Waals surface area contributed by atoms with E-state index in [1.807, 2.05) is 18.9 Å². The van der Waals surface area contributed by atoms with Crippen molar-refractivity contribution in [3.05, 3.63) is 93.8 Å². The van der Waals surface area contributed by atoms with Crippen molar-refractivity contribution in [1.82, 2.24) is 14.8 Å². The number of Topliss-reactive ketones (excluding diaryl/α,β-unsaturated/α-hetero) is 1. The predicted octanol–water partition coefficient (Wildman–Crippen LogP) is 4.56. The maximum Gasteiger partial charge on any atom is 0.416 e. The summed E-state index contributed by atoms with van der Waals surface area (Å²) < 4.78 is 41.7. The van der Waals surface area contributed by atoms with Crippen LogP contribution >= 0.6 is 0 Å². The quantitative estimate of drug-likeness (QED) is 0.406. The standard InChI is InChI=1S/C29H29F3N4O/c1-20-3-6-24(16-23(20)7-5-22-13-26(33)18-34-17-22)28(37)15-21-4-8-25(27(14-21)29(30,31)32)19-36-11-9-35(2)10-12-36/h3-4,6,8,13-14,16-18H,9-12,15,19,33H2,1-2H3. The van der Waals surface area contributed by atoms with Gasteiger partial charge >= 0.3 is 6.18 Å². The van der Waals surface area contributed by atoms with E-state index in [0.717, 1.165) is 37.8 Å². The molecule has 0 radical (unpaired) electrons. The van der Waals surface area contributed by atoms with Crippen molar-refractivity contribution >= 4 is 11.5 Å². The van der Waals surface area contributed by atoms with Crippen molar-refractivity contribution in [3.63, 3.8) is 0 Å². The lowest BCUT2D eigenvalue weighted by Gasteiger charge is -2.33. The Morgan fingerprint density at radius 3 is 2.49 bits per heavy atom. The molecule has 5 nitrogen and oxygen atoms in total. The highest BCUT2D eigenvalue weighted by Gasteiger charge is 2.34. The normalized spacial score (nSPS) is 14.7. The molecule has 37 heavy (non-hydrogen) atoms. The van der Waals surface area contributed by atoms with E-state index >= 15 is 0 Å². The van der Waals surface area contributed by atoms with Crippen molar-refractivity contribution in [3.8, 4) is 11.8 Å². The number of nitrogens with two attached hydrogens (primary N) is 1. The molecule has 192 valence electrons. The van der Waals surface area contributed by atoms with E-state index in [-0.39, 0.29) is 24.3 Å². The summed E-state index contributed by atoms with van der Waals surface area (Å²) in [5.74, 6) is 5.76. The Bertz CT molecular complexity index is 1350. The van der Waals surface area contributed by atoms with Gasteiger partial charge in [0.05, 0.1) is 11.3 Å². The molecule has 0 atom stereocenters. The molecule has 0 spiro atoms. The van der Waals surface area contributed by atoms with E-state index < -0.39 is 11.7 Å². The summed E-state index contributed by atoms with van der Waals surface area (Å²) in [7, 11) is 2.00. The van der Waals surface area contributed by atoms with Gasteiger partial charge in [0.1, 0.15) is 0 Å². The Hall–Kier alpha value is -3.67. The molecule has 0 aliphatic carbocycles. The highest BCUT2D eigenvalue weighted by Crippen LogP contribution is 2.34. The average Bonchev–Trinajstić information content (AvgIpc) is 2.85. The van der Waals surface area contributed by atoms with Crippen LogP contribution in [0.3, 0.4) is 0 Å². The van der Waals surface area contributed by atoms with E-state index in [1.54, 1.807) is 36.5 Å². The molecule has 3 aromatic rings. The van der Waals surface area contributed by atoms with Crippen molar-refractivity contribution in [2.45, 2.75) is 26.1 Å². The van der Waals surface area contributed by atoms with Gasteiger partial charge in [-0.25, -0.2) is 0 Å². The number of likely N-dealkylation sites (N-methyl/N-ethyl adjacent to an activating group) is 1. The minimum Gasteiger partial charge on any atom is -0.397 e. The van der Waals surface area contributed by atoms with Gasteiger partial charge in [-0.3, -0.25) is 14.7 Å². The van der Waals surface area contributed by atoms with Crippen LogP contribution in [0.2, 0.25) is 0 Å². The molecule has 1 saturated heterocycles. The summed E-state index contributed by atoms with van der Waals surface area (Å²) in [5, 5.41) is 0. The van der Waals surface area contributed by atoms with E-state index in [1.165, 1.54) is 12.3 Å². The smallest absolute Gasteiger partial charge is 0.397 e. The first-order valence-corrected chi connectivity index (χ1v) is 12.0. The Morgan fingerprint density at radius 2 is 1.78 bits per heavy atom. The lowest BCUT2D eigenvalue weighted by atomic mass is 9.96. The van der Waals surface area contributed by atoms with Gasteiger partial charge in [-0.15, -0.1) is 0 Å². The SMILES string of the molecule is Cc1ccc(C(=O)Cc2ccc(CN3CCN(C)CC3)c(C(F)(F)F)c2)cc1C#Cc1cncc(N)c1. The number of nitrogens with zero attached hydrogens (tertiary/aromatic N) is 3. The van der Waals surface area contributed by atoms with E-state index in [4.69, 9.17) is 5.73 Å². The van der Waals surface area contributed by atoms with Gasteiger partial charge in [0.2, 0.25) is 0 Å². The van der Waals surface area contributed by atoms with E-state index in [9.17, 15) is 18.0 Å². The van der Waals surface area contributed by atoms with Gasteiger partial charge in [-0.2, -0.15) is 13.2 Å². The molecule has 0 saturated carbocycles. The second-order valence-electron chi connectivity index (χ2n) is 9.46. The second kappa shape index (κ2) is 11.2. The number of hydrogen-bond acceptors (Lipinski definition) is 5. The van der Waals surface area contributed by atoms with E-state index in [2.05, 4.69) is 21.7 Å². The highest BCUT2D eigenvalue weighted by atomic mass is 19.4. The first-order chi connectivity index (χ1) is 17.6. The number of aromatic nitrogens is 1. The molecule has 2 aromatic carbocycles. The third kappa shape index (κ3) is 6.97. The Kier molecular flexibility index (Phi) is 7.96. The van der Waals surface area contributed by atoms with Crippen molar-refractivity contribution in [1.29, 1.82) is 0 Å². The maximum atomic E-state index is 13.9. The number of nitrogen functional groups attached to an aromatic ring is 1. The largest absolute Gasteiger partial charge is 0.416 e. The summed E-state index contributed by atoms with van der Waals surface area (Å²) in [4.78, 5) is 21.2. The number of piperazine rings is 1. The predicted molar refractivity (Wildman–Crippen MR) is 138 cm³/mol. The third-order valence-corrected chi connectivity index (χ3v) is 6.49. The summed E-state index contributed by atoms with van der Waals surface area (Å²) in [6.45, 7) is 5.21. The molecular weight excluding hydrogens is 477 g/mol. The number of benzene rings is 2. The van der Waals surface area contributed by atoms with Crippen LogP contribution in [0.5, 0.6) is 0 Å². The Morgan fingerprint density at radius 1 is 1.03 bits per heavy atom. The van der Waals surface area contributed by atoms with Crippen molar-refractivity contribution in [2.24, 2.45) is 0 Å². The molecule has 2 N–H and O–H groups in total. The minimum atomic E-state index is -4.50. The van der Waals surface area contributed by atoms with Crippen LogP contribution in [0.25, 0.3) is 0 Å². The number of hydrogen-bond donors (Lipinski definition) is 1. The summed E-state index contributed by atoms with van der Waals surface area (Å²) in [5.41, 5.74) is 8.72. The fourth-order valence-electron chi connectivity index (χ4n) is 4.27. The van der Waals surface area contributed by atoms with Crippen LogP contribution < -0.4 is 5.73 Å². The van der Waals surface area contributed by atoms with Gasteiger partial charge in [-0.1, -0.05) is 36.1 Å². The molecule has 2 heterocycles. The molecule has 1 aliphatic rings. The third-order valence-electron chi connectivity index (χ3n) is 6.49. The number of halogens is 3. The van der Waals surface area contributed by atoms with Crippen LogP contribution in [-0.2, 0) is 19.1 Å². The fraction of sp³-hybridized carbons (Fsp3) is 0.310. The minimum absolute atomic E-state index is 0.132. The molecule has 0 amide bonds. The first kappa shape index (κ1) is 26.4. The number of anilines is 1. The molecule has 0 bridgehead atoms. The lowest BCUT2D eigenvalue weighted by molar-refractivity contribution is -0.138. The summed E-state index contributed by atoms with van der Waals surface area (Å²) in [6, 6.07) is 11.1. The van der Waals surface area contributed by atoms with Crippen molar-refractivity contribution < 1.29 is 18.0 Å². The second-order valence-corrected chi connectivity index (χ2v) is 9.46. The first-order valence-electron chi connectivity index (χ1n) is 12.0. The number of carbonyl (C=O) groups is 1. The van der Waals surface area contributed by atoms with Crippen LogP contribution in [0.15, 0.2) is 54.9 Å². The van der Waals surface area contributed by atoms with Crippen LogP contribution in [0.4, 0.5) is 18.9 Å². The molecule has 1 aliphatic heterocycles. The van der Waals surface area contributed by atoms with Gasteiger partial charge < -0.3 is 10.6 Å². The fourth-order valence-corrected chi connectivity index (χ4v) is 4.27.